The summed E-state index contributed by atoms with van der Waals surface area (Å²) in [5, 5.41) is 3.65. The Kier molecular flexibility index (Phi) is 8.86. The van der Waals surface area contributed by atoms with Gasteiger partial charge in [-0.15, -0.1) is 0 Å². The molecule has 5 aromatic carbocycles. The van der Waals surface area contributed by atoms with Crippen LogP contribution in [0.1, 0.15) is 92.3 Å². The third-order valence-electron chi connectivity index (χ3n) is 12.2. The van der Waals surface area contributed by atoms with Crippen LogP contribution in [-0.4, -0.2) is 0 Å². The molecule has 5 aromatic rings. The predicted molar refractivity (Wildman–Crippen MR) is 229 cm³/mol. The quantitative estimate of drug-likeness (QED) is 0.162. The molecule has 264 valence electrons. The second kappa shape index (κ2) is 13.5. The van der Waals surface area contributed by atoms with Crippen molar-refractivity contribution in [1.82, 2.24) is 0 Å². The first kappa shape index (κ1) is 34.7. The van der Waals surface area contributed by atoms with Gasteiger partial charge in [-0.2, -0.15) is 0 Å². The van der Waals surface area contributed by atoms with Crippen molar-refractivity contribution in [3.05, 3.63) is 191 Å². The summed E-state index contributed by atoms with van der Waals surface area (Å²) >= 11 is 0. The molecule has 0 radical (unpaired) electrons. The fourth-order valence-electron chi connectivity index (χ4n) is 9.26. The van der Waals surface area contributed by atoms with Crippen LogP contribution in [0.15, 0.2) is 152 Å². The molecule has 1 unspecified atom stereocenters. The highest BCUT2D eigenvalue weighted by Gasteiger charge is 2.37. The Morgan fingerprint density at radius 3 is 2.19 bits per heavy atom. The molecule has 0 fully saturated rings. The number of aryl methyl sites for hydroxylation is 1. The van der Waals surface area contributed by atoms with E-state index in [-0.39, 0.29) is 10.8 Å². The molecule has 0 amide bonds. The van der Waals surface area contributed by atoms with Crippen LogP contribution in [0.5, 0.6) is 0 Å². The Morgan fingerprint density at radius 1 is 0.717 bits per heavy atom. The maximum atomic E-state index is 4.25. The van der Waals surface area contributed by atoms with Gasteiger partial charge in [0.25, 0.3) is 0 Å². The van der Waals surface area contributed by atoms with E-state index in [1.807, 2.05) is 0 Å². The topological polar surface area (TPSA) is 12.0 Å². The van der Waals surface area contributed by atoms with E-state index in [1.165, 1.54) is 83.5 Å². The van der Waals surface area contributed by atoms with Crippen molar-refractivity contribution in [1.29, 1.82) is 0 Å². The van der Waals surface area contributed by atoms with E-state index in [9.17, 15) is 0 Å². The van der Waals surface area contributed by atoms with Crippen molar-refractivity contribution in [3.63, 3.8) is 0 Å². The maximum Gasteiger partial charge on any atom is 0.0383 e. The monoisotopic (exact) mass is 689 g/mol. The number of rotatable bonds is 9. The van der Waals surface area contributed by atoms with E-state index in [1.54, 1.807) is 0 Å². The summed E-state index contributed by atoms with van der Waals surface area (Å²) in [6, 6.07) is 36.7. The normalized spacial score (nSPS) is 17.6. The van der Waals surface area contributed by atoms with E-state index < -0.39 is 0 Å². The first-order valence-corrected chi connectivity index (χ1v) is 19.4. The molecule has 53 heavy (non-hydrogen) atoms. The van der Waals surface area contributed by atoms with Crippen molar-refractivity contribution in [2.75, 3.05) is 5.32 Å². The Labute approximate surface area is 317 Å². The van der Waals surface area contributed by atoms with Gasteiger partial charge in [0, 0.05) is 28.6 Å². The van der Waals surface area contributed by atoms with Gasteiger partial charge in [-0.1, -0.05) is 157 Å². The first-order chi connectivity index (χ1) is 25.6. The van der Waals surface area contributed by atoms with Crippen LogP contribution in [0.4, 0.5) is 5.69 Å². The van der Waals surface area contributed by atoms with Gasteiger partial charge in [0.1, 0.15) is 0 Å². The average Bonchev–Trinajstić information content (AvgIpc) is 3.53. The van der Waals surface area contributed by atoms with Crippen molar-refractivity contribution in [2.45, 2.75) is 77.6 Å². The van der Waals surface area contributed by atoms with Gasteiger partial charge in [-0.3, -0.25) is 0 Å². The number of allylic oxidation sites excluding steroid dienone is 8. The summed E-state index contributed by atoms with van der Waals surface area (Å²) in [7, 11) is 0. The first-order valence-electron chi connectivity index (χ1n) is 19.4. The standard InChI is InChI=1S/C52H51N/c1-8-16-41-40(21-15-22-42(41)39-20-14-13-17-34(39)3)37-24-27-43-45-28-25-38(33-50(45)52(6,7)49(43)32-37)53-30-29-46-44-26-23-36(35-18-11-10-12-19-35)31-48(44)51(4,5)47(46)9-2/h9-15,17-18,20-33,35,53H,2,8,16,19H2,1,3-7H3/b30-29-. The van der Waals surface area contributed by atoms with Gasteiger partial charge >= 0.3 is 0 Å². The van der Waals surface area contributed by atoms with E-state index in [2.05, 4.69) is 193 Å². The highest BCUT2D eigenvalue weighted by atomic mass is 14.8. The molecule has 1 nitrogen and oxygen atoms in total. The molecule has 0 bridgehead atoms. The number of fused-ring (bicyclic) bond motifs is 4. The van der Waals surface area contributed by atoms with Crippen molar-refractivity contribution < 1.29 is 0 Å². The third kappa shape index (κ3) is 5.88. The zero-order valence-electron chi connectivity index (χ0n) is 32.2. The average molecular weight is 690 g/mol. The minimum Gasteiger partial charge on any atom is -0.362 e. The van der Waals surface area contributed by atoms with Crippen LogP contribution in [0, 0.1) is 6.92 Å². The van der Waals surface area contributed by atoms with Gasteiger partial charge in [0.2, 0.25) is 0 Å². The lowest BCUT2D eigenvalue weighted by molar-refractivity contribution is 0.652. The fraction of sp³-hybridized carbons (Fsp3) is 0.231. The highest BCUT2D eigenvalue weighted by molar-refractivity contribution is 5.89. The summed E-state index contributed by atoms with van der Waals surface area (Å²) in [5.74, 6) is 0.435. The lowest BCUT2D eigenvalue weighted by Gasteiger charge is -2.24. The minimum atomic E-state index is -0.130. The molecular weight excluding hydrogens is 639 g/mol. The molecule has 0 spiro atoms. The van der Waals surface area contributed by atoms with Gasteiger partial charge < -0.3 is 5.32 Å². The number of hydrogen-bond acceptors (Lipinski definition) is 1. The van der Waals surface area contributed by atoms with Crippen molar-refractivity contribution in [3.8, 4) is 33.4 Å². The van der Waals surface area contributed by atoms with E-state index in [4.69, 9.17) is 0 Å². The molecule has 3 aliphatic carbocycles. The summed E-state index contributed by atoms with van der Waals surface area (Å²) in [6.07, 6.45) is 18.5. The smallest absolute Gasteiger partial charge is 0.0383 e. The molecule has 3 aliphatic rings. The molecule has 0 aliphatic heterocycles. The fourth-order valence-corrected chi connectivity index (χ4v) is 9.26. The van der Waals surface area contributed by atoms with Crippen LogP contribution in [0.25, 0.3) is 39.0 Å². The number of nitrogens with one attached hydrogen (secondary N) is 1. The molecule has 0 saturated heterocycles. The Bertz CT molecular complexity index is 2390. The summed E-state index contributed by atoms with van der Waals surface area (Å²) < 4.78 is 0. The Morgan fingerprint density at radius 2 is 1.43 bits per heavy atom. The van der Waals surface area contributed by atoms with Gasteiger partial charge in [-0.05, 0) is 128 Å². The zero-order valence-corrected chi connectivity index (χ0v) is 32.2. The van der Waals surface area contributed by atoms with Gasteiger partial charge in [-0.25, -0.2) is 0 Å². The van der Waals surface area contributed by atoms with E-state index >= 15 is 0 Å². The number of benzene rings is 5. The van der Waals surface area contributed by atoms with Crippen LogP contribution in [-0.2, 0) is 17.3 Å². The van der Waals surface area contributed by atoms with Crippen LogP contribution < -0.4 is 5.32 Å². The second-order valence-electron chi connectivity index (χ2n) is 16.1. The lowest BCUT2D eigenvalue weighted by atomic mass is 9.79. The number of hydrogen-bond donors (Lipinski definition) is 1. The Hall–Kier alpha value is -5.40. The predicted octanol–water partition coefficient (Wildman–Crippen LogP) is 14.0. The van der Waals surface area contributed by atoms with E-state index in [0.29, 0.717) is 5.92 Å². The third-order valence-corrected chi connectivity index (χ3v) is 12.2. The SMILES string of the molecule is C=CC1=C(/C=C\Nc2ccc3c(c2)C(C)(C)c2cc(-c4cccc(-c5ccccc5C)c4CCC)ccc2-3)c2ccc(C3C=CC=CC3)cc2C1(C)C. The molecule has 1 atom stereocenters. The largest absolute Gasteiger partial charge is 0.362 e. The highest BCUT2D eigenvalue weighted by Crippen LogP contribution is 2.51. The van der Waals surface area contributed by atoms with Crippen LogP contribution in [0.2, 0.25) is 0 Å². The number of anilines is 1. The Balaban J connectivity index is 1.08. The molecule has 1 N–H and O–H groups in total. The van der Waals surface area contributed by atoms with Gasteiger partial charge in [0.15, 0.2) is 0 Å². The molecule has 0 aromatic heterocycles. The summed E-state index contributed by atoms with van der Waals surface area (Å²) in [5.41, 5.74) is 21.0. The van der Waals surface area contributed by atoms with E-state index in [0.717, 1.165) is 24.9 Å². The summed E-state index contributed by atoms with van der Waals surface area (Å²) in [6.45, 7) is 18.2. The molecule has 0 saturated carbocycles. The lowest BCUT2D eigenvalue weighted by Crippen LogP contribution is -2.16. The summed E-state index contributed by atoms with van der Waals surface area (Å²) in [4.78, 5) is 0. The van der Waals surface area contributed by atoms with Crippen LogP contribution in [0.3, 0.4) is 0 Å². The molecule has 0 heterocycles. The minimum absolute atomic E-state index is 0.109. The molecule has 8 rings (SSSR count). The second-order valence-corrected chi connectivity index (χ2v) is 16.1. The zero-order chi connectivity index (χ0) is 36.9. The molecule has 1 heteroatoms. The van der Waals surface area contributed by atoms with Crippen molar-refractivity contribution in [2.24, 2.45) is 0 Å². The van der Waals surface area contributed by atoms with Crippen LogP contribution >= 0.6 is 0 Å². The van der Waals surface area contributed by atoms with Crippen molar-refractivity contribution >= 4 is 11.3 Å². The maximum absolute atomic E-state index is 4.25. The van der Waals surface area contributed by atoms with Gasteiger partial charge in [0.05, 0.1) is 0 Å². The molecular formula is C52H51N.